The first-order chi connectivity index (χ1) is 5.17. The molecule has 0 bridgehead atoms. The summed E-state index contributed by atoms with van der Waals surface area (Å²) in [4.78, 5) is 2.13. The molecule has 0 aromatic carbocycles. The van der Waals surface area contributed by atoms with Crippen LogP contribution in [0.15, 0.2) is 0 Å². The van der Waals surface area contributed by atoms with Crippen molar-refractivity contribution >= 4 is 17.7 Å². The highest BCUT2D eigenvalue weighted by molar-refractivity contribution is 7.78. The van der Waals surface area contributed by atoms with E-state index in [1.165, 1.54) is 0 Å². The molecule has 0 aliphatic rings. The van der Waals surface area contributed by atoms with Gasteiger partial charge in [-0.1, -0.05) is 26.1 Å². The fraction of sp³-hybridized carbons (Fsp3) is 0.889. The molecule has 0 aromatic heterocycles. The summed E-state index contributed by atoms with van der Waals surface area (Å²) in [5.41, 5.74) is 2.82. The van der Waals surface area contributed by atoms with Crippen LogP contribution in [0.25, 0.3) is 0 Å². The lowest BCUT2D eigenvalue weighted by Gasteiger charge is -2.30. The molecule has 1 radical (unpaired) electrons. The SMILES string of the molecule is CCC(C)N([C]=S)C(C)CC. The van der Waals surface area contributed by atoms with E-state index in [1.54, 1.807) is 0 Å². The van der Waals surface area contributed by atoms with Crippen molar-refractivity contribution in [2.24, 2.45) is 0 Å². The van der Waals surface area contributed by atoms with Crippen molar-refractivity contribution in [3.8, 4) is 0 Å². The average Bonchev–Trinajstić information content (AvgIpc) is 2.05. The van der Waals surface area contributed by atoms with Gasteiger partial charge in [-0.15, -0.1) is 0 Å². The lowest BCUT2D eigenvalue weighted by Crippen LogP contribution is -2.37. The largest absolute Gasteiger partial charge is 0.355 e. The van der Waals surface area contributed by atoms with E-state index in [1.807, 2.05) is 0 Å². The van der Waals surface area contributed by atoms with Crippen molar-refractivity contribution in [1.29, 1.82) is 0 Å². The van der Waals surface area contributed by atoms with Gasteiger partial charge in [-0.2, -0.15) is 0 Å². The first-order valence-corrected chi connectivity index (χ1v) is 4.74. The normalized spacial score (nSPS) is 15.6. The average molecular weight is 172 g/mol. The fourth-order valence-electron chi connectivity index (χ4n) is 1.01. The number of nitrogens with zero attached hydrogens (tertiary/aromatic N) is 1. The van der Waals surface area contributed by atoms with Crippen molar-refractivity contribution < 1.29 is 0 Å². The van der Waals surface area contributed by atoms with E-state index < -0.39 is 0 Å². The molecule has 0 rings (SSSR count). The summed E-state index contributed by atoms with van der Waals surface area (Å²) >= 11 is 4.83. The highest BCUT2D eigenvalue weighted by Crippen LogP contribution is 2.08. The maximum Gasteiger partial charge on any atom is 0.137 e. The van der Waals surface area contributed by atoms with Crippen LogP contribution in [0.1, 0.15) is 40.5 Å². The van der Waals surface area contributed by atoms with Gasteiger partial charge in [-0.3, -0.25) is 0 Å². The maximum absolute atomic E-state index is 4.83. The first kappa shape index (κ1) is 10.9. The van der Waals surface area contributed by atoms with Gasteiger partial charge in [0, 0.05) is 12.1 Å². The Balaban J connectivity index is 4.03. The van der Waals surface area contributed by atoms with E-state index in [9.17, 15) is 0 Å². The minimum absolute atomic E-state index is 0.530. The van der Waals surface area contributed by atoms with Crippen LogP contribution in [-0.2, 0) is 0 Å². The van der Waals surface area contributed by atoms with Crippen LogP contribution in [0.5, 0.6) is 0 Å². The third-order valence-corrected chi connectivity index (χ3v) is 2.45. The van der Waals surface area contributed by atoms with Gasteiger partial charge in [0.05, 0.1) is 0 Å². The molecule has 0 spiro atoms. The highest BCUT2D eigenvalue weighted by atomic mass is 32.1. The molecule has 65 valence electrons. The van der Waals surface area contributed by atoms with Crippen LogP contribution in [0.4, 0.5) is 0 Å². The quantitative estimate of drug-likeness (QED) is 0.463. The third kappa shape index (κ3) is 3.19. The van der Waals surface area contributed by atoms with Crippen LogP contribution in [0, 0.1) is 0 Å². The van der Waals surface area contributed by atoms with Crippen LogP contribution in [0.3, 0.4) is 0 Å². The molecular weight excluding hydrogens is 154 g/mol. The van der Waals surface area contributed by atoms with E-state index in [0.29, 0.717) is 12.1 Å². The maximum atomic E-state index is 4.83. The number of hydrogen-bond donors (Lipinski definition) is 0. The smallest absolute Gasteiger partial charge is 0.137 e. The van der Waals surface area contributed by atoms with Crippen LogP contribution in [0.2, 0.25) is 0 Å². The summed E-state index contributed by atoms with van der Waals surface area (Å²) in [6.45, 7) is 8.72. The summed E-state index contributed by atoms with van der Waals surface area (Å²) in [6, 6.07) is 1.06. The molecule has 0 saturated heterocycles. The molecule has 1 nitrogen and oxygen atoms in total. The van der Waals surface area contributed by atoms with Gasteiger partial charge in [0.15, 0.2) is 0 Å². The summed E-state index contributed by atoms with van der Waals surface area (Å²) in [5.74, 6) is 0. The van der Waals surface area contributed by atoms with Crippen LogP contribution < -0.4 is 0 Å². The lowest BCUT2D eigenvalue weighted by molar-refractivity contribution is 0.263. The van der Waals surface area contributed by atoms with E-state index in [0.717, 1.165) is 12.8 Å². The summed E-state index contributed by atoms with van der Waals surface area (Å²) in [6.07, 6.45) is 2.27. The van der Waals surface area contributed by atoms with Gasteiger partial charge < -0.3 is 4.90 Å². The second-order valence-corrected chi connectivity index (χ2v) is 3.20. The minimum Gasteiger partial charge on any atom is -0.355 e. The topological polar surface area (TPSA) is 3.24 Å². The Kier molecular flexibility index (Phi) is 5.47. The monoisotopic (exact) mass is 172 g/mol. The Morgan fingerprint density at radius 1 is 1.18 bits per heavy atom. The molecule has 11 heavy (non-hydrogen) atoms. The van der Waals surface area contributed by atoms with Crippen molar-refractivity contribution in [3.05, 3.63) is 0 Å². The molecule has 2 unspecified atom stereocenters. The van der Waals surface area contributed by atoms with E-state index in [2.05, 4.69) is 38.1 Å². The molecule has 0 fully saturated rings. The minimum atomic E-state index is 0.530. The zero-order chi connectivity index (χ0) is 8.85. The molecule has 0 aromatic rings. The molecule has 0 amide bonds. The van der Waals surface area contributed by atoms with Crippen molar-refractivity contribution in [2.75, 3.05) is 0 Å². The highest BCUT2D eigenvalue weighted by Gasteiger charge is 2.13. The second-order valence-electron chi connectivity index (χ2n) is 3.01. The summed E-state index contributed by atoms with van der Waals surface area (Å²) in [5, 5.41) is 0. The predicted octanol–water partition coefficient (Wildman–Crippen LogP) is 2.72. The van der Waals surface area contributed by atoms with Crippen molar-refractivity contribution in [2.45, 2.75) is 52.6 Å². The second kappa shape index (κ2) is 5.53. The molecule has 0 aliphatic heterocycles. The Morgan fingerprint density at radius 3 is 1.73 bits per heavy atom. The van der Waals surface area contributed by atoms with Crippen molar-refractivity contribution in [3.63, 3.8) is 0 Å². The third-order valence-electron chi connectivity index (χ3n) is 2.24. The van der Waals surface area contributed by atoms with Gasteiger partial charge in [-0.25, -0.2) is 0 Å². The molecular formula is C9H18NS. The Hall–Kier alpha value is -0.110. The van der Waals surface area contributed by atoms with E-state index in [-0.39, 0.29) is 0 Å². The number of hydrogen-bond acceptors (Lipinski definition) is 1. The number of thiocarbonyl (C=S) groups is 1. The van der Waals surface area contributed by atoms with Gasteiger partial charge in [0.25, 0.3) is 0 Å². The molecule has 0 N–H and O–H groups in total. The van der Waals surface area contributed by atoms with Gasteiger partial charge in [-0.05, 0) is 26.7 Å². The zero-order valence-corrected chi connectivity index (χ0v) is 8.74. The molecule has 0 saturated carbocycles. The van der Waals surface area contributed by atoms with E-state index in [4.69, 9.17) is 12.2 Å². The van der Waals surface area contributed by atoms with Gasteiger partial charge in [0.2, 0.25) is 0 Å². The van der Waals surface area contributed by atoms with Gasteiger partial charge in [0.1, 0.15) is 5.49 Å². The van der Waals surface area contributed by atoms with Crippen LogP contribution >= 0.6 is 12.2 Å². The Labute approximate surface area is 75.8 Å². The summed E-state index contributed by atoms with van der Waals surface area (Å²) < 4.78 is 0. The van der Waals surface area contributed by atoms with Crippen LogP contribution in [-0.4, -0.2) is 22.5 Å². The zero-order valence-electron chi connectivity index (χ0n) is 7.92. The fourth-order valence-corrected chi connectivity index (χ4v) is 1.37. The van der Waals surface area contributed by atoms with Crippen molar-refractivity contribution in [1.82, 2.24) is 4.90 Å². The summed E-state index contributed by atoms with van der Waals surface area (Å²) in [7, 11) is 0. The molecule has 2 heteroatoms. The Bertz CT molecular complexity index is 104. The van der Waals surface area contributed by atoms with E-state index >= 15 is 0 Å². The number of rotatable bonds is 5. The lowest BCUT2D eigenvalue weighted by atomic mass is 10.1. The Morgan fingerprint density at radius 2 is 1.55 bits per heavy atom. The molecule has 0 aliphatic carbocycles. The molecule has 0 heterocycles. The molecule has 2 atom stereocenters. The predicted molar refractivity (Wildman–Crippen MR) is 53.9 cm³/mol. The van der Waals surface area contributed by atoms with Gasteiger partial charge >= 0.3 is 0 Å². The first-order valence-electron chi connectivity index (χ1n) is 4.33. The standard InChI is InChI=1S/C9H18NS/c1-5-8(3)10(7-11)9(4)6-2/h8-9H,5-6H2,1-4H3.